The average Bonchev–Trinajstić information content (AvgIpc) is 2.43. The van der Waals surface area contributed by atoms with E-state index in [-0.39, 0.29) is 12.1 Å². The number of ether oxygens (including phenoxy) is 1. The quantitative estimate of drug-likeness (QED) is 0.876. The molecule has 22 heavy (non-hydrogen) atoms. The van der Waals surface area contributed by atoms with E-state index in [9.17, 15) is 4.79 Å². The molecule has 1 aromatic carbocycles. The number of amides is 1. The Hall–Kier alpha value is -2.06. The summed E-state index contributed by atoms with van der Waals surface area (Å²) in [4.78, 5) is 11.6. The van der Waals surface area contributed by atoms with E-state index in [2.05, 4.69) is 16.7 Å². The van der Waals surface area contributed by atoms with Crippen molar-refractivity contribution in [2.24, 2.45) is 0 Å². The van der Waals surface area contributed by atoms with Gasteiger partial charge in [0.05, 0.1) is 11.6 Å². The summed E-state index contributed by atoms with van der Waals surface area (Å²) >= 11 is 0. The molecule has 0 radical (unpaired) electrons. The van der Waals surface area contributed by atoms with E-state index in [0.29, 0.717) is 12.1 Å². The zero-order chi connectivity index (χ0) is 16.8. The Morgan fingerprint density at radius 1 is 1.36 bits per heavy atom. The van der Waals surface area contributed by atoms with Crippen LogP contribution in [0.2, 0.25) is 0 Å². The van der Waals surface area contributed by atoms with Crippen LogP contribution in [-0.4, -0.2) is 24.3 Å². The minimum absolute atomic E-state index is 0.0771. The Kier molecular flexibility index (Phi) is 6.39. The second-order valence-electron chi connectivity index (χ2n) is 6.41. The first-order valence-electron chi connectivity index (χ1n) is 7.44. The van der Waals surface area contributed by atoms with Crippen molar-refractivity contribution in [2.75, 3.05) is 6.54 Å². The zero-order valence-electron chi connectivity index (χ0n) is 13.9. The van der Waals surface area contributed by atoms with Crippen molar-refractivity contribution in [3.63, 3.8) is 0 Å². The van der Waals surface area contributed by atoms with Gasteiger partial charge >= 0.3 is 6.09 Å². The standard InChI is InChI=1S/C17H25N3O2/c1-12(11-19-16(21)22-17(3,4)5)20-13(2)15-8-6-7-14(9-15)10-18/h6-9,12-13,20H,11H2,1-5H3,(H,19,21). The van der Waals surface area contributed by atoms with Gasteiger partial charge in [0.1, 0.15) is 5.60 Å². The van der Waals surface area contributed by atoms with Gasteiger partial charge in [-0.15, -0.1) is 0 Å². The molecule has 0 aliphatic carbocycles. The van der Waals surface area contributed by atoms with Gasteiger partial charge in [0, 0.05) is 18.6 Å². The third-order valence-electron chi connectivity index (χ3n) is 3.00. The van der Waals surface area contributed by atoms with Crippen LogP contribution in [0.15, 0.2) is 24.3 Å². The van der Waals surface area contributed by atoms with Crippen LogP contribution in [0.1, 0.15) is 51.8 Å². The molecule has 120 valence electrons. The Morgan fingerprint density at radius 2 is 2.05 bits per heavy atom. The lowest BCUT2D eigenvalue weighted by atomic mass is 10.0. The van der Waals surface area contributed by atoms with Crippen LogP contribution >= 0.6 is 0 Å². The highest BCUT2D eigenvalue weighted by Crippen LogP contribution is 2.14. The summed E-state index contributed by atoms with van der Waals surface area (Å²) in [5, 5.41) is 15.1. The predicted octanol–water partition coefficient (Wildman–Crippen LogP) is 3.12. The van der Waals surface area contributed by atoms with E-state index >= 15 is 0 Å². The van der Waals surface area contributed by atoms with E-state index in [1.165, 1.54) is 0 Å². The van der Waals surface area contributed by atoms with Gasteiger partial charge in [0.15, 0.2) is 0 Å². The highest BCUT2D eigenvalue weighted by molar-refractivity contribution is 5.67. The summed E-state index contributed by atoms with van der Waals surface area (Å²) in [6.45, 7) is 9.98. The third-order valence-corrected chi connectivity index (χ3v) is 3.00. The lowest BCUT2D eigenvalue weighted by Gasteiger charge is -2.23. The largest absolute Gasteiger partial charge is 0.444 e. The topological polar surface area (TPSA) is 74.2 Å². The number of hydrogen-bond donors (Lipinski definition) is 2. The number of alkyl carbamates (subject to hydrolysis) is 1. The SMILES string of the molecule is CC(CNC(=O)OC(C)(C)C)NC(C)c1cccc(C#N)c1. The molecule has 1 rings (SSSR count). The number of benzene rings is 1. The molecule has 0 bridgehead atoms. The van der Waals surface area contributed by atoms with Crippen molar-refractivity contribution in [1.29, 1.82) is 5.26 Å². The number of nitrogens with zero attached hydrogens (tertiary/aromatic N) is 1. The van der Waals surface area contributed by atoms with Crippen LogP contribution in [0, 0.1) is 11.3 Å². The number of rotatable bonds is 5. The Balaban J connectivity index is 2.46. The fraction of sp³-hybridized carbons (Fsp3) is 0.529. The van der Waals surface area contributed by atoms with Crippen LogP contribution < -0.4 is 10.6 Å². The van der Waals surface area contributed by atoms with Gasteiger partial charge in [-0.05, 0) is 52.3 Å². The van der Waals surface area contributed by atoms with Gasteiger partial charge in [-0.25, -0.2) is 4.79 Å². The Bertz CT molecular complexity index is 544. The summed E-state index contributed by atoms with van der Waals surface area (Å²) in [7, 11) is 0. The summed E-state index contributed by atoms with van der Waals surface area (Å²) in [5.41, 5.74) is 1.19. The highest BCUT2D eigenvalue weighted by Gasteiger charge is 2.17. The van der Waals surface area contributed by atoms with E-state index < -0.39 is 11.7 Å². The van der Waals surface area contributed by atoms with Gasteiger partial charge in [-0.2, -0.15) is 5.26 Å². The zero-order valence-corrected chi connectivity index (χ0v) is 13.9. The molecule has 0 fully saturated rings. The van der Waals surface area contributed by atoms with Gasteiger partial charge in [0.2, 0.25) is 0 Å². The predicted molar refractivity (Wildman–Crippen MR) is 86.4 cm³/mol. The first kappa shape index (κ1) is 18.0. The maximum absolute atomic E-state index is 11.6. The molecule has 5 heteroatoms. The summed E-state index contributed by atoms with van der Waals surface area (Å²) in [5.74, 6) is 0. The molecule has 0 saturated heterocycles. The molecule has 0 aliphatic heterocycles. The number of carbonyl (C=O) groups excluding carboxylic acids is 1. The second kappa shape index (κ2) is 7.81. The Morgan fingerprint density at radius 3 is 2.64 bits per heavy atom. The lowest BCUT2D eigenvalue weighted by Crippen LogP contribution is -2.41. The van der Waals surface area contributed by atoms with Crippen molar-refractivity contribution in [3.05, 3.63) is 35.4 Å². The van der Waals surface area contributed by atoms with Crippen molar-refractivity contribution in [1.82, 2.24) is 10.6 Å². The van der Waals surface area contributed by atoms with Crippen LogP contribution in [0.4, 0.5) is 4.79 Å². The van der Waals surface area contributed by atoms with Gasteiger partial charge in [0.25, 0.3) is 0 Å². The molecule has 1 aromatic rings. The van der Waals surface area contributed by atoms with Crippen molar-refractivity contribution < 1.29 is 9.53 Å². The van der Waals surface area contributed by atoms with Crippen LogP contribution in [0.3, 0.4) is 0 Å². The highest BCUT2D eigenvalue weighted by atomic mass is 16.6. The number of carbonyl (C=O) groups is 1. The van der Waals surface area contributed by atoms with Gasteiger partial charge in [-0.3, -0.25) is 0 Å². The van der Waals surface area contributed by atoms with Gasteiger partial charge in [-0.1, -0.05) is 12.1 Å². The normalized spacial score (nSPS) is 13.8. The van der Waals surface area contributed by atoms with Crippen LogP contribution in [0.25, 0.3) is 0 Å². The molecule has 0 aromatic heterocycles. The molecule has 2 unspecified atom stereocenters. The second-order valence-corrected chi connectivity index (χ2v) is 6.41. The molecule has 0 spiro atoms. The monoisotopic (exact) mass is 303 g/mol. The lowest BCUT2D eigenvalue weighted by molar-refractivity contribution is 0.0522. The summed E-state index contributed by atoms with van der Waals surface area (Å²) < 4.78 is 5.19. The minimum atomic E-state index is -0.494. The fourth-order valence-corrected chi connectivity index (χ4v) is 2.01. The van der Waals surface area contributed by atoms with Crippen LogP contribution in [0.5, 0.6) is 0 Å². The summed E-state index contributed by atoms with van der Waals surface area (Å²) in [6.07, 6.45) is -0.416. The summed E-state index contributed by atoms with van der Waals surface area (Å²) in [6, 6.07) is 9.80. The molecule has 5 nitrogen and oxygen atoms in total. The molecule has 2 N–H and O–H groups in total. The molecule has 1 amide bonds. The molecular weight excluding hydrogens is 278 g/mol. The molecular formula is C17H25N3O2. The van der Waals surface area contributed by atoms with E-state index in [0.717, 1.165) is 5.56 Å². The number of nitriles is 1. The number of hydrogen-bond acceptors (Lipinski definition) is 4. The van der Waals surface area contributed by atoms with Crippen molar-refractivity contribution in [3.8, 4) is 6.07 Å². The molecule has 2 atom stereocenters. The molecule has 0 saturated carbocycles. The first-order chi connectivity index (χ1) is 10.2. The first-order valence-corrected chi connectivity index (χ1v) is 7.44. The van der Waals surface area contributed by atoms with Crippen molar-refractivity contribution >= 4 is 6.09 Å². The Labute approximate surface area is 132 Å². The average molecular weight is 303 g/mol. The maximum Gasteiger partial charge on any atom is 0.407 e. The smallest absolute Gasteiger partial charge is 0.407 e. The van der Waals surface area contributed by atoms with E-state index in [1.54, 1.807) is 6.07 Å². The maximum atomic E-state index is 11.6. The third kappa shape index (κ3) is 6.59. The molecule has 0 aliphatic rings. The van der Waals surface area contributed by atoms with Gasteiger partial charge < -0.3 is 15.4 Å². The van der Waals surface area contributed by atoms with E-state index in [1.807, 2.05) is 52.8 Å². The molecule has 0 heterocycles. The minimum Gasteiger partial charge on any atom is -0.444 e. The fourth-order valence-electron chi connectivity index (χ4n) is 2.01. The van der Waals surface area contributed by atoms with Crippen LogP contribution in [-0.2, 0) is 4.74 Å². The van der Waals surface area contributed by atoms with Crippen molar-refractivity contribution in [2.45, 2.75) is 52.3 Å². The van der Waals surface area contributed by atoms with E-state index in [4.69, 9.17) is 10.00 Å². The number of nitrogens with one attached hydrogen (secondary N) is 2.